The summed E-state index contributed by atoms with van der Waals surface area (Å²) in [6.45, 7) is 126. The fourth-order valence-corrected chi connectivity index (χ4v) is 17.1. The normalized spacial score (nSPS) is 17.4. The molecule has 0 amide bonds. The van der Waals surface area contributed by atoms with Gasteiger partial charge in [0.1, 0.15) is 0 Å². The molecule has 0 aliphatic carbocycles. The van der Waals surface area contributed by atoms with E-state index in [1.54, 1.807) is 0 Å². The lowest BCUT2D eigenvalue weighted by Gasteiger charge is -2.75. The highest BCUT2D eigenvalue weighted by Crippen LogP contribution is 2.80. The van der Waals surface area contributed by atoms with Gasteiger partial charge in [-0.1, -0.05) is 332 Å². The van der Waals surface area contributed by atoms with E-state index < -0.39 is 0 Å². The summed E-state index contributed by atoms with van der Waals surface area (Å²) in [5, 5.41) is 0. The SMILES string of the molecule is CC(C)C(C)(C)C(C)(C)C(C)(C)C(C)(C)C(C)(C)C(C)(C)C(C)(C)C(C)(C)C(C)(C)C(C)(C)C(C)(C)C(C)(C)C(C)(C)C(C)(C)C(C)(C)C(C)(C)C(C)(C)C(C)(C)C(C)(C)C(C)(C)C(C)(C)C(C)(C)C(C)C. The van der Waals surface area contributed by atoms with Crippen molar-refractivity contribution in [2.24, 2.45) is 131 Å². The largest absolute Gasteiger partial charge is 0.0622 e. The maximum Gasteiger partial charge on any atom is -0.0241 e. The molecule has 0 aromatic rings. The fraction of sp³-hybridized carbons (Fsp3) is 1.00. The lowest BCUT2D eigenvalue weighted by molar-refractivity contribution is -0.270. The van der Waals surface area contributed by atoms with Gasteiger partial charge in [-0.25, -0.2) is 0 Å². The summed E-state index contributed by atoms with van der Waals surface area (Å²) in [6, 6.07) is 0. The second-order valence-corrected chi connectivity index (χ2v) is 38.3. The molecule has 0 fully saturated rings. The standard InChI is InChI=1S/C72H146/c1-49(2)51(5,6)53(9,10)55(13,14)57(17,18)59(21,22)61(25,26)63(29,30)65(33,34)67(37,38)69(41,42)71(45,46)72(47,48)70(43,44)68(39,40)66(35,36)64(31,32)62(27,28)60(23,24)58(19,20)56(15,16)54(11,12)52(7,8)50(3)4/h49-50H,1-48H3. The summed E-state index contributed by atoms with van der Waals surface area (Å²) in [7, 11) is 0. The van der Waals surface area contributed by atoms with Crippen LogP contribution in [-0.2, 0) is 0 Å². The molecule has 0 unspecified atom stereocenters. The Balaban J connectivity index is 8.14. The first kappa shape index (κ1) is 72.0. The first-order valence-electron chi connectivity index (χ1n) is 30.1. The Bertz CT molecular complexity index is 1730. The van der Waals surface area contributed by atoms with E-state index in [1.165, 1.54) is 0 Å². The highest BCUT2D eigenvalue weighted by molar-refractivity contribution is 5.21. The van der Waals surface area contributed by atoms with Crippen LogP contribution >= 0.6 is 0 Å². The van der Waals surface area contributed by atoms with E-state index in [0.29, 0.717) is 11.8 Å². The van der Waals surface area contributed by atoms with Gasteiger partial charge in [0.25, 0.3) is 0 Å². The van der Waals surface area contributed by atoms with Crippen LogP contribution in [0.25, 0.3) is 0 Å². The number of hydrogen-bond donors (Lipinski definition) is 0. The molecular formula is C72H146. The zero-order valence-corrected chi connectivity index (χ0v) is 60.2. The van der Waals surface area contributed by atoms with Crippen LogP contribution in [0.5, 0.6) is 0 Å². The van der Waals surface area contributed by atoms with Crippen LogP contribution in [0.2, 0.25) is 0 Å². The summed E-state index contributed by atoms with van der Waals surface area (Å²) in [5.74, 6) is 1.15. The van der Waals surface area contributed by atoms with E-state index in [2.05, 4.69) is 332 Å². The van der Waals surface area contributed by atoms with Crippen LogP contribution < -0.4 is 0 Å². The highest BCUT2D eigenvalue weighted by Gasteiger charge is 2.73. The monoisotopic (exact) mass is 1010 g/mol. The van der Waals surface area contributed by atoms with Crippen molar-refractivity contribution in [3.05, 3.63) is 0 Å². The van der Waals surface area contributed by atoms with Gasteiger partial charge in [0.05, 0.1) is 0 Å². The molecule has 0 heterocycles. The molecule has 0 aromatic carbocycles. The van der Waals surface area contributed by atoms with Gasteiger partial charge in [-0.05, 0) is 131 Å². The first-order chi connectivity index (χ1) is 30.1. The minimum absolute atomic E-state index is 0.0133. The lowest BCUT2D eigenvalue weighted by Crippen LogP contribution is -2.69. The molecule has 0 aliphatic heterocycles. The third-order valence-corrected chi connectivity index (χ3v) is 35.8. The van der Waals surface area contributed by atoms with Gasteiger partial charge in [-0.15, -0.1) is 0 Å². The van der Waals surface area contributed by atoms with Gasteiger partial charge < -0.3 is 0 Å². The predicted octanol–water partition coefficient (Wildman–Crippen LogP) is 24.9. The van der Waals surface area contributed by atoms with Gasteiger partial charge in [0.2, 0.25) is 0 Å². The summed E-state index contributed by atoms with van der Waals surface area (Å²) >= 11 is 0. The van der Waals surface area contributed by atoms with Gasteiger partial charge in [-0.3, -0.25) is 0 Å². The van der Waals surface area contributed by atoms with Crippen LogP contribution in [0.1, 0.15) is 332 Å². The van der Waals surface area contributed by atoms with E-state index in [9.17, 15) is 0 Å². The molecule has 0 aliphatic rings. The molecule has 0 rings (SSSR count). The Morgan fingerprint density at radius 3 is 0.222 bits per heavy atom. The average Bonchev–Trinajstić information content (AvgIpc) is 3.15. The Labute approximate surface area is 461 Å². The predicted molar refractivity (Wildman–Crippen MR) is 333 cm³/mol. The first-order valence-corrected chi connectivity index (χ1v) is 30.1. The molecule has 0 heteroatoms. The Kier molecular flexibility index (Phi) is 18.3. The lowest BCUT2D eigenvalue weighted by atomic mass is 9.29. The number of hydrogen-bond acceptors (Lipinski definition) is 0. The molecule has 0 radical (unpaired) electrons. The molecule has 0 N–H and O–H groups in total. The molecule has 0 atom stereocenters. The van der Waals surface area contributed by atoms with E-state index >= 15 is 0 Å². The van der Waals surface area contributed by atoms with Crippen LogP contribution in [-0.4, -0.2) is 0 Å². The Morgan fingerprint density at radius 1 is 0.111 bits per heavy atom. The minimum atomic E-state index is -0.0964. The third-order valence-electron chi connectivity index (χ3n) is 35.8. The molecule has 434 valence electrons. The quantitative estimate of drug-likeness (QED) is 0.0957. The molecule has 72 heavy (non-hydrogen) atoms. The van der Waals surface area contributed by atoms with Crippen molar-refractivity contribution < 1.29 is 0 Å². The molecule has 0 aromatic heterocycles. The van der Waals surface area contributed by atoms with Crippen molar-refractivity contribution in [2.45, 2.75) is 332 Å². The highest BCUT2D eigenvalue weighted by atomic mass is 14.8. The van der Waals surface area contributed by atoms with Crippen molar-refractivity contribution >= 4 is 0 Å². The maximum absolute atomic E-state index is 2.67. The molecule has 0 bridgehead atoms. The average molecular weight is 1010 g/mol. The van der Waals surface area contributed by atoms with E-state index in [1.807, 2.05) is 0 Å². The molecular weight excluding hydrogens is 865 g/mol. The van der Waals surface area contributed by atoms with E-state index in [0.717, 1.165) is 0 Å². The topological polar surface area (TPSA) is 0 Å². The summed E-state index contributed by atoms with van der Waals surface area (Å²) in [4.78, 5) is 0. The van der Waals surface area contributed by atoms with Crippen LogP contribution in [0.15, 0.2) is 0 Å². The van der Waals surface area contributed by atoms with Crippen LogP contribution in [0.3, 0.4) is 0 Å². The van der Waals surface area contributed by atoms with Crippen molar-refractivity contribution in [3.8, 4) is 0 Å². The molecule has 0 saturated heterocycles. The minimum Gasteiger partial charge on any atom is -0.0622 e. The van der Waals surface area contributed by atoms with Crippen molar-refractivity contribution in [2.75, 3.05) is 0 Å². The molecule has 0 saturated carbocycles. The van der Waals surface area contributed by atoms with Gasteiger partial charge in [0, 0.05) is 0 Å². The van der Waals surface area contributed by atoms with Gasteiger partial charge in [-0.2, -0.15) is 0 Å². The Morgan fingerprint density at radius 2 is 0.167 bits per heavy atom. The van der Waals surface area contributed by atoms with Crippen LogP contribution in [0.4, 0.5) is 0 Å². The zero-order chi connectivity index (χ0) is 60.2. The third kappa shape index (κ3) is 8.25. The molecule has 0 nitrogen and oxygen atoms in total. The molecule has 0 spiro atoms. The van der Waals surface area contributed by atoms with E-state index in [-0.39, 0.29) is 119 Å². The smallest absolute Gasteiger partial charge is 0.0241 e. The van der Waals surface area contributed by atoms with Crippen LogP contribution in [0, 0.1) is 131 Å². The number of rotatable bonds is 23. The second kappa shape index (κ2) is 18.3. The summed E-state index contributed by atoms with van der Waals surface area (Å²) in [6.07, 6.45) is 0. The van der Waals surface area contributed by atoms with Gasteiger partial charge in [0.15, 0.2) is 0 Å². The summed E-state index contributed by atoms with van der Waals surface area (Å²) < 4.78 is 0. The van der Waals surface area contributed by atoms with E-state index in [4.69, 9.17) is 0 Å². The maximum atomic E-state index is 2.67. The van der Waals surface area contributed by atoms with Gasteiger partial charge >= 0.3 is 0 Å². The fourth-order valence-electron chi connectivity index (χ4n) is 17.1. The van der Waals surface area contributed by atoms with Crippen molar-refractivity contribution in [1.29, 1.82) is 0 Å². The van der Waals surface area contributed by atoms with Crippen molar-refractivity contribution in [3.63, 3.8) is 0 Å². The second-order valence-electron chi connectivity index (χ2n) is 38.3. The van der Waals surface area contributed by atoms with Crippen molar-refractivity contribution in [1.82, 2.24) is 0 Å². The summed E-state index contributed by atoms with van der Waals surface area (Å²) in [5.41, 5.74) is -0.582. The Hall–Kier alpha value is 0. The zero-order valence-electron chi connectivity index (χ0n) is 60.2.